The lowest BCUT2D eigenvalue weighted by molar-refractivity contribution is -0.133. The fourth-order valence-electron chi connectivity index (χ4n) is 3.77. The minimum atomic E-state index is -0.802. The van der Waals surface area contributed by atoms with Crippen LogP contribution in [-0.4, -0.2) is 55.3 Å². The minimum Gasteiger partial charge on any atom is -0.487 e. The van der Waals surface area contributed by atoms with Crippen LogP contribution in [0.2, 0.25) is 0 Å². The second-order valence-electron chi connectivity index (χ2n) is 7.58. The average molecular weight is 361 g/mol. The van der Waals surface area contributed by atoms with Crippen LogP contribution >= 0.6 is 0 Å². The zero-order valence-corrected chi connectivity index (χ0v) is 15.7. The molecule has 0 bridgehead atoms. The Morgan fingerprint density at radius 1 is 1.35 bits per heavy atom. The van der Waals surface area contributed by atoms with Crippen molar-refractivity contribution in [3.8, 4) is 5.75 Å². The highest BCUT2D eigenvalue weighted by molar-refractivity contribution is 5.85. The summed E-state index contributed by atoms with van der Waals surface area (Å²) < 4.78 is 15.8. The van der Waals surface area contributed by atoms with Gasteiger partial charge in [-0.25, -0.2) is 4.79 Å². The number of Topliss-reactive ketones (excluding diaryl/α,β-unsaturated/α-hetero) is 1. The van der Waals surface area contributed by atoms with E-state index in [0.717, 1.165) is 25.1 Å². The molecule has 3 rings (SSSR count). The number of ketones is 1. The van der Waals surface area contributed by atoms with Gasteiger partial charge in [-0.05, 0) is 44.9 Å². The third-order valence-corrected chi connectivity index (χ3v) is 5.45. The molecule has 2 aliphatic rings. The monoisotopic (exact) mass is 361 g/mol. The number of hydrogen-bond acceptors (Lipinski definition) is 6. The van der Waals surface area contributed by atoms with Crippen molar-refractivity contribution in [1.82, 2.24) is 4.90 Å². The number of rotatable bonds is 4. The number of piperidine rings is 1. The highest BCUT2D eigenvalue weighted by Crippen LogP contribution is 2.38. The van der Waals surface area contributed by atoms with Gasteiger partial charge in [0.15, 0.2) is 11.9 Å². The van der Waals surface area contributed by atoms with Crippen LogP contribution in [0.4, 0.5) is 4.79 Å². The van der Waals surface area contributed by atoms with Gasteiger partial charge in [0.1, 0.15) is 11.4 Å². The third kappa shape index (κ3) is 4.18. The van der Waals surface area contributed by atoms with Crippen LogP contribution in [0.3, 0.4) is 0 Å². The largest absolute Gasteiger partial charge is 0.508 e. The summed E-state index contributed by atoms with van der Waals surface area (Å²) in [6.07, 6.45) is 0.809. The Hall–Kier alpha value is -2.08. The quantitative estimate of drug-likeness (QED) is 0.769. The molecule has 0 amide bonds. The lowest BCUT2D eigenvalue weighted by Crippen LogP contribution is -2.48. The molecule has 2 unspecified atom stereocenters. The summed E-state index contributed by atoms with van der Waals surface area (Å²) in [6, 6.07) is 8.19. The maximum atomic E-state index is 12.0. The van der Waals surface area contributed by atoms with E-state index in [-0.39, 0.29) is 11.4 Å². The van der Waals surface area contributed by atoms with Crippen LogP contribution in [-0.2, 0) is 20.7 Å². The molecule has 0 radical (unpaired) electrons. The molecular weight excluding hydrogens is 334 g/mol. The van der Waals surface area contributed by atoms with E-state index in [1.54, 1.807) is 0 Å². The fraction of sp³-hybridized carbons (Fsp3) is 0.600. The van der Waals surface area contributed by atoms with E-state index < -0.39 is 12.3 Å². The molecule has 1 aromatic rings. The SMILES string of the molecule is COC(=O)OC1CN(CCC2Cc3ccccc3OC2(C)C)CCC1=O. The van der Waals surface area contributed by atoms with Crippen molar-refractivity contribution in [1.29, 1.82) is 0 Å². The van der Waals surface area contributed by atoms with Gasteiger partial charge >= 0.3 is 6.16 Å². The van der Waals surface area contributed by atoms with Gasteiger partial charge < -0.3 is 14.2 Å². The van der Waals surface area contributed by atoms with Gasteiger partial charge in [0.25, 0.3) is 0 Å². The number of carbonyl (C=O) groups is 2. The molecule has 0 saturated carbocycles. The van der Waals surface area contributed by atoms with Crippen LogP contribution in [0, 0.1) is 5.92 Å². The average Bonchev–Trinajstić information content (AvgIpc) is 2.61. The maximum Gasteiger partial charge on any atom is 0.508 e. The van der Waals surface area contributed by atoms with E-state index in [1.165, 1.54) is 12.7 Å². The molecule has 2 aliphatic heterocycles. The number of benzene rings is 1. The van der Waals surface area contributed by atoms with Gasteiger partial charge in [0, 0.05) is 25.4 Å². The second kappa shape index (κ2) is 7.66. The summed E-state index contributed by atoms with van der Waals surface area (Å²) in [5.41, 5.74) is 1.01. The normalized spacial score (nSPS) is 25.1. The number of carbonyl (C=O) groups excluding carboxylic acids is 2. The van der Waals surface area contributed by atoms with E-state index in [2.05, 4.69) is 29.6 Å². The number of nitrogens with zero attached hydrogens (tertiary/aromatic N) is 1. The Labute approximate surface area is 154 Å². The number of ether oxygens (including phenoxy) is 3. The molecule has 1 fully saturated rings. The predicted octanol–water partition coefficient (Wildman–Crippen LogP) is 2.83. The fourth-order valence-corrected chi connectivity index (χ4v) is 3.77. The Morgan fingerprint density at radius 2 is 2.12 bits per heavy atom. The lowest BCUT2D eigenvalue weighted by Gasteiger charge is -2.41. The predicted molar refractivity (Wildman–Crippen MR) is 96.3 cm³/mol. The van der Waals surface area contributed by atoms with Crippen molar-refractivity contribution in [2.45, 2.75) is 44.8 Å². The molecule has 0 aliphatic carbocycles. The van der Waals surface area contributed by atoms with Gasteiger partial charge in [-0.3, -0.25) is 9.69 Å². The van der Waals surface area contributed by atoms with E-state index in [0.29, 0.717) is 25.4 Å². The van der Waals surface area contributed by atoms with Crippen molar-refractivity contribution in [2.24, 2.45) is 5.92 Å². The lowest BCUT2D eigenvalue weighted by atomic mass is 9.80. The summed E-state index contributed by atoms with van der Waals surface area (Å²) >= 11 is 0. The Kier molecular flexibility index (Phi) is 5.51. The van der Waals surface area contributed by atoms with E-state index in [9.17, 15) is 9.59 Å². The van der Waals surface area contributed by atoms with E-state index in [1.807, 2.05) is 18.2 Å². The first-order chi connectivity index (χ1) is 12.4. The maximum absolute atomic E-state index is 12.0. The molecule has 2 heterocycles. The Balaban J connectivity index is 1.58. The van der Waals surface area contributed by atoms with Crippen molar-refractivity contribution in [3.05, 3.63) is 29.8 Å². The number of methoxy groups -OCH3 is 1. The first kappa shape index (κ1) is 18.7. The Morgan fingerprint density at radius 3 is 2.88 bits per heavy atom. The van der Waals surface area contributed by atoms with Crippen molar-refractivity contribution < 1.29 is 23.8 Å². The van der Waals surface area contributed by atoms with E-state index >= 15 is 0 Å². The topological polar surface area (TPSA) is 65.1 Å². The standard InChI is InChI=1S/C20H27NO5/c1-20(2)15(12-14-6-4-5-7-17(14)26-20)8-10-21-11-9-16(22)18(13-21)25-19(23)24-3/h4-7,15,18H,8-13H2,1-3H3. The molecule has 1 saturated heterocycles. The van der Waals surface area contributed by atoms with Crippen LogP contribution in [0.15, 0.2) is 24.3 Å². The highest BCUT2D eigenvalue weighted by atomic mass is 16.7. The molecule has 142 valence electrons. The summed E-state index contributed by atoms with van der Waals surface area (Å²) in [5.74, 6) is 1.32. The molecule has 2 atom stereocenters. The molecule has 0 aromatic heterocycles. The summed E-state index contributed by atoms with van der Waals surface area (Å²) in [4.78, 5) is 25.5. The first-order valence-corrected chi connectivity index (χ1v) is 9.15. The van der Waals surface area contributed by atoms with Gasteiger partial charge in [0.2, 0.25) is 0 Å². The van der Waals surface area contributed by atoms with Crippen LogP contribution in [0.1, 0.15) is 32.3 Å². The van der Waals surface area contributed by atoms with Gasteiger partial charge in [-0.2, -0.15) is 0 Å². The molecule has 6 heteroatoms. The second-order valence-corrected chi connectivity index (χ2v) is 7.58. The number of likely N-dealkylation sites (tertiary alicyclic amines) is 1. The minimum absolute atomic E-state index is 0.0399. The first-order valence-electron chi connectivity index (χ1n) is 9.15. The van der Waals surface area contributed by atoms with Crippen molar-refractivity contribution in [2.75, 3.05) is 26.7 Å². The summed E-state index contributed by atoms with van der Waals surface area (Å²) in [5, 5.41) is 0. The summed E-state index contributed by atoms with van der Waals surface area (Å²) in [7, 11) is 1.25. The molecule has 6 nitrogen and oxygen atoms in total. The van der Waals surface area contributed by atoms with E-state index in [4.69, 9.17) is 9.47 Å². The zero-order chi connectivity index (χ0) is 18.7. The zero-order valence-electron chi connectivity index (χ0n) is 15.7. The van der Waals surface area contributed by atoms with Gasteiger partial charge in [-0.15, -0.1) is 0 Å². The third-order valence-electron chi connectivity index (χ3n) is 5.45. The molecule has 0 N–H and O–H groups in total. The molecule has 0 spiro atoms. The van der Waals surface area contributed by atoms with Gasteiger partial charge in [-0.1, -0.05) is 18.2 Å². The number of hydrogen-bond donors (Lipinski definition) is 0. The van der Waals surface area contributed by atoms with Crippen molar-refractivity contribution in [3.63, 3.8) is 0 Å². The Bertz CT molecular complexity index is 672. The summed E-state index contributed by atoms with van der Waals surface area (Å²) in [6.45, 7) is 6.24. The van der Waals surface area contributed by atoms with Crippen LogP contribution in [0.5, 0.6) is 5.75 Å². The molecule has 1 aromatic carbocycles. The van der Waals surface area contributed by atoms with Crippen LogP contribution < -0.4 is 4.74 Å². The van der Waals surface area contributed by atoms with Gasteiger partial charge in [0.05, 0.1) is 7.11 Å². The van der Waals surface area contributed by atoms with Crippen molar-refractivity contribution >= 4 is 11.9 Å². The van der Waals surface area contributed by atoms with Crippen LogP contribution in [0.25, 0.3) is 0 Å². The molecular formula is C20H27NO5. The highest BCUT2D eigenvalue weighted by Gasteiger charge is 2.37. The number of fused-ring (bicyclic) bond motifs is 1. The smallest absolute Gasteiger partial charge is 0.487 e. The number of para-hydroxylation sites is 1. The molecule has 26 heavy (non-hydrogen) atoms.